The Morgan fingerprint density at radius 1 is 1.09 bits per heavy atom. The van der Waals surface area contributed by atoms with E-state index >= 15 is 0 Å². The van der Waals surface area contributed by atoms with Crippen molar-refractivity contribution in [2.24, 2.45) is 5.73 Å². The van der Waals surface area contributed by atoms with Gasteiger partial charge < -0.3 is 16.0 Å². The lowest BCUT2D eigenvalue weighted by molar-refractivity contribution is -0.117. The molecule has 0 saturated carbocycles. The average molecular weight is 295 g/mol. The van der Waals surface area contributed by atoms with Gasteiger partial charge in [-0.15, -0.1) is 0 Å². The number of amides is 2. The van der Waals surface area contributed by atoms with Gasteiger partial charge in [-0.25, -0.2) is 0 Å². The van der Waals surface area contributed by atoms with E-state index in [1.807, 2.05) is 30.3 Å². The molecule has 3 rings (SSSR count). The molecule has 1 aliphatic rings. The number of carbonyl (C=O) groups excluding carboxylic acids is 2. The second-order valence-corrected chi connectivity index (χ2v) is 5.25. The Balaban J connectivity index is 1.69. The quantitative estimate of drug-likeness (QED) is 0.906. The summed E-state index contributed by atoms with van der Waals surface area (Å²) in [5, 5.41) is 3.21. The van der Waals surface area contributed by atoms with E-state index in [0.717, 1.165) is 17.8 Å². The molecule has 0 aliphatic carbocycles. The summed E-state index contributed by atoms with van der Waals surface area (Å²) < 4.78 is 0. The van der Waals surface area contributed by atoms with Gasteiger partial charge in [0.25, 0.3) is 0 Å². The Labute approximate surface area is 128 Å². The van der Waals surface area contributed by atoms with Crippen LogP contribution >= 0.6 is 0 Å². The Bertz CT molecular complexity index is 683. The number of anilines is 2. The number of nitrogens with one attached hydrogen (secondary N) is 1. The summed E-state index contributed by atoms with van der Waals surface area (Å²) in [7, 11) is 0. The van der Waals surface area contributed by atoms with Crippen LogP contribution in [0.15, 0.2) is 54.6 Å². The molecular weight excluding hydrogens is 278 g/mol. The van der Waals surface area contributed by atoms with Crippen LogP contribution in [0, 0.1) is 0 Å². The lowest BCUT2D eigenvalue weighted by atomic mass is 10.1. The molecule has 1 heterocycles. The summed E-state index contributed by atoms with van der Waals surface area (Å²) in [4.78, 5) is 25.3. The molecule has 0 radical (unpaired) electrons. The molecule has 5 nitrogen and oxygen atoms in total. The largest absolute Gasteiger partial charge is 0.374 e. The number of carbonyl (C=O) groups is 2. The number of hydrogen-bond acceptors (Lipinski definition) is 3. The highest BCUT2D eigenvalue weighted by atomic mass is 16.2. The van der Waals surface area contributed by atoms with Crippen molar-refractivity contribution < 1.29 is 9.59 Å². The summed E-state index contributed by atoms with van der Waals surface area (Å²) in [6, 6.07) is 16.2. The Morgan fingerprint density at radius 3 is 2.41 bits per heavy atom. The highest BCUT2D eigenvalue weighted by molar-refractivity contribution is 6.01. The molecule has 1 saturated heterocycles. The molecule has 0 spiro atoms. The lowest BCUT2D eigenvalue weighted by Gasteiger charge is -2.17. The monoisotopic (exact) mass is 295 g/mol. The molecule has 3 N–H and O–H groups in total. The molecular formula is C17H17N3O2. The van der Waals surface area contributed by atoms with Crippen LogP contribution < -0.4 is 16.0 Å². The third kappa shape index (κ3) is 2.79. The van der Waals surface area contributed by atoms with E-state index in [-0.39, 0.29) is 11.9 Å². The first-order valence-electron chi connectivity index (χ1n) is 7.18. The predicted molar refractivity (Wildman–Crippen MR) is 85.8 cm³/mol. The van der Waals surface area contributed by atoms with Gasteiger partial charge in [-0.2, -0.15) is 0 Å². The average Bonchev–Trinajstić information content (AvgIpc) is 2.90. The van der Waals surface area contributed by atoms with Gasteiger partial charge in [0.1, 0.15) is 6.04 Å². The van der Waals surface area contributed by atoms with Crippen molar-refractivity contribution in [2.45, 2.75) is 12.5 Å². The minimum absolute atomic E-state index is 0.0603. The van der Waals surface area contributed by atoms with Crippen LogP contribution in [0.5, 0.6) is 0 Å². The van der Waals surface area contributed by atoms with Gasteiger partial charge in [0.05, 0.1) is 0 Å². The van der Waals surface area contributed by atoms with Crippen LogP contribution in [0.2, 0.25) is 0 Å². The zero-order valence-electron chi connectivity index (χ0n) is 12.0. The molecule has 2 aromatic carbocycles. The predicted octanol–water partition coefficient (Wildman–Crippen LogP) is 2.00. The smallest absolute Gasteiger partial charge is 0.249 e. The van der Waals surface area contributed by atoms with E-state index in [2.05, 4.69) is 5.32 Å². The molecule has 112 valence electrons. The number of nitrogens with two attached hydrogens (primary N) is 1. The van der Waals surface area contributed by atoms with E-state index in [4.69, 9.17) is 5.73 Å². The van der Waals surface area contributed by atoms with E-state index in [9.17, 15) is 9.59 Å². The molecule has 22 heavy (non-hydrogen) atoms. The summed E-state index contributed by atoms with van der Waals surface area (Å²) in [6.45, 7) is 0.694. The number of para-hydroxylation sites is 1. The third-order valence-electron chi connectivity index (χ3n) is 3.78. The third-order valence-corrected chi connectivity index (χ3v) is 3.78. The van der Waals surface area contributed by atoms with Crippen molar-refractivity contribution in [2.75, 3.05) is 16.8 Å². The number of benzene rings is 2. The number of nitrogens with zero attached hydrogens (tertiary/aromatic N) is 1. The standard InChI is InChI=1S/C17H17N3O2/c18-16(21)12-6-8-13(9-7-12)19-15-10-11-20(17(15)22)14-4-2-1-3-5-14/h1-9,15,19H,10-11H2,(H2,18,21). The molecule has 0 bridgehead atoms. The number of hydrogen-bond donors (Lipinski definition) is 2. The zero-order valence-corrected chi connectivity index (χ0v) is 12.0. The van der Waals surface area contributed by atoms with Gasteiger partial charge in [0, 0.05) is 23.5 Å². The van der Waals surface area contributed by atoms with Crippen LogP contribution in [0.1, 0.15) is 16.8 Å². The molecule has 1 unspecified atom stereocenters. The maximum Gasteiger partial charge on any atom is 0.249 e. The van der Waals surface area contributed by atoms with Crippen LogP contribution in [-0.4, -0.2) is 24.4 Å². The Kier molecular flexibility index (Phi) is 3.78. The minimum Gasteiger partial charge on any atom is -0.374 e. The lowest BCUT2D eigenvalue weighted by Crippen LogP contribution is -2.33. The minimum atomic E-state index is -0.459. The normalized spacial score (nSPS) is 17.5. The van der Waals surface area contributed by atoms with Gasteiger partial charge in [0.2, 0.25) is 11.8 Å². The topological polar surface area (TPSA) is 75.4 Å². The maximum atomic E-state index is 12.5. The number of rotatable bonds is 4. The van der Waals surface area contributed by atoms with Crippen molar-refractivity contribution in [1.29, 1.82) is 0 Å². The first kappa shape index (κ1) is 14.1. The van der Waals surface area contributed by atoms with E-state index in [0.29, 0.717) is 12.1 Å². The van der Waals surface area contributed by atoms with Crippen molar-refractivity contribution in [3.8, 4) is 0 Å². The molecule has 0 aromatic heterocycles. The van der Waals surface area contributed by atoms with Crippen LogP contribution in [0.3, 0.4) is 0 Å². The zero-order chi connectivity index (χ0) is 15.5. The van der Waals surface area contributed by atoms with Crippen molar-refractivity contribution in [3.63, 3.8) is 0 Å². The van der Waals surface area contributed by atoms with E-state index in [1.54, 1.807) is 29.2 Å². The Morgan fingerprint density at radius 2 is 1.77 bits per heavy atom. The van der Waals surface area contributed by atoms with Crippen molar-refractivity contribution >= 4 is 23.2 Å². The number of primary amides is 1. The van der Waals surface area contributed by atoms with Crippen molar-refractivity contribution in [3.05, 3.63) is 60.2 Å². The molecule has 1 aliphatic heterocycles. The van der Waals surface area contributed by atoms with Gasteiger partial charge in [-0.1, -0.05) is 18.2 Å². The van der Waals surface area contributed by atoms with Gasteiger partial charge >= 0.3 is 0 Å². The fraction of sp³-hybridized carbons (Fsp3) is 0.176. The fourth-order valence-corrected chi connectivity index (χ4v) is 2.61. The Hall–Kier alpha value is -2.82. The maximum absolute atomic E-state index is 12.5. The summed E-state index contributed by atoms with van der Waals surface area (Å²) in [5.41, 5.74) is 7.39. The molecule has 1 fully saturated rings. The first-order chi connectivity index (χ1) is 10.6. The van der Waals surface area contributed by atoms with Gasteiger partial charge in [-0.3, -0.25) is 9.59 Å². The van der Waals surface area contributed by atoms with E-state index < -0.39 is 5.91 Å². The molecule has 2 amide bonds. The summed E-state index contributed by atoms with van der Waals surface area (Å²) >= 11 is 0. The summed E-state index contributed by atoms with van der Waals surface area (Å²) in [6.07, 6.45) is 0.741. The van der Waals surface area contributed by atoms with Gasteiger partial charge in [0.15, 0.2) is 0 Å². The molecule has 2 aromatic rings. The SMILES string of the molecule is NC(=O)c1ccc(NC2CCN(c3ccccc3)C2=O)cc1. The second-order valence-electron chi connectivity index (χ2n) is 5.25. The first-order valence-corrected chi connectivity index (χ1v) is 7.18. The highest BCUT2D eigenvalue weighted by Crippen LogP contribution is 2.23. The van der Waals surface area contributed by atoms with Crippen LogP contribution in [0.25, 0.3) is 0 Å². The van der Waals surface area contributed by atoms with Crippen molar-refractivity contribution in [1.82, 2.24) is 0 Å². The molecule has 1 atom stereocenters. The van der Waals surface area contributed by atoms with E-state index in [1.165, 1.54) is 0 Å². The molecule has 5 heteroatoms. The second kappa shape index (κ2) is 5.89. The van der Waals surface area contributed by atoms with Crippen LogP contribution in [0.4, 0.5) is 11.4 Å². The van der Waals surface area contributed by atoms with Crippen LogP contribution in [-0.2, 0) is 4.79 Å². The van der Waals surface area contributed by atoms with Gasteiger partial charge in [-0.05, 0) is 42.8 Å². The highest BCUT2D eigenvalue weighted by Gasteiger charge is 2.32. The fourth-order valence-electron chi connectivity index (χ4n) is 2.61. The summed E-state index contributed by atoms with van der Waals surface area (Å²) in [5.74, 6) is -0.399.